The van der Waals surface area contributed by atoms with Crippen LogP contribution in [0.25, 0.3) is 0 Å². The molecule has 1 saturated carbocycles. The molecule has 0 radical (unpaired) electrons. The molecule has 2 rings (SSSR count). The number of nitrogens with two attached hydrogens (primary N) is 1. The molecule has 1 aliphatic carbocycles. The van der Waals surface area contributed by atoms with Gasteiger partial charge in [0.25, 0.3) is 0 Å². The molecule has 2 atom stereocenters. The van der Waals surface area contributed by atoms with E-state index in [1.165, 1.54) is 25.7 Å². The Labute approximate surface area is 102 Å². The Balaban J connectivity index is 2.07. The standard InChI is InChI=1S/C13H19ClN2/c1-9-4-2-3-5-12(9)16-13-7-6-10(15)8-11(13)14/h6-9,12,16H,2-5,15H2,1H3/t9-,12+/m1/s1. The molecule has 1 aromatic rings. The normalized spacial score (nSPS) is 25.4. The summed E-state index contributed by atoms with van der Waals surface area (Å²) >= 11 is 6.15. The van der Waals surface area contributed by atoms with E-state index in [1.54, 1.807) is 6.07 Å². The number of benzene rings is 1. The van der Waals surface area contributed by atoms with Gasteiger partial charge in [-0.2, -0.15) is 0 Å². The highest BCUT2D eigenvalue weighted by Gasteiger charge is 2.21. The maximum atomic E-state index is 6.15. The first-order valence-corrected chi connectivity index (χ1v) is 6.36. The monoisotopic (exact) mass is 238 g/mol. The molecule has 2 nitrogen and oxygen atoms in total. The second-order valence-corrected chi connectivity index (χ2v) is 5.16. The maximum Gasteiger partial charge on any atom is 0.0658 e. The molecular formula is C13H19ClN2. The van der Waals surface area contributed by atoms with Crippen LogP contribution in [0.15, 0.2) is 18.2 Å². The van der Waals surface area contributed by atoms with Crippen LogP contribution in [0.4, 0.5) is 11.4 Å². The minimum atomic E-state index is 0.551. The number of nitrogens with one attached hydrogen (secondary N) is 1. The van der Waals surface area contributed by atoms with E-state index < -0.39 is 0 Å². The van der Waals surface area contributed by atoms with Crippen LogP contribution < -0.4 is 11.1 Å². The van der Waals surface area contributed by atoms with Crippen molar-refractivity contribution < 1.29 is 0 Å². The lowest BCUT2D eigenvalue weighted by Gasteiger charge is -2.30. The summed E-state index contributed by atoms with van der Waals surface area (Å²) in [6.45, 7) is 2.31. The van der Waals surface area contributed by atoms with Crippen molar-refractivity contribution in [2.24, 2.45) is 5.92 Å². The third-order valence-electron chi connectivity index (χ3n) is 3.45. The molecule has 0 heterocycles. The van der Waals surface area contributed by atoms with Crippen molar-refractivity contribution >= 4 is 23.0 Å². The third kappa shape index (κ3) is 2.62. The number of nitrogen functional groups attached to an aromatic ring is 1. The van der Waals surface area contributed by atoms with Crippen LogP contribution in [-0.4, -0.2) is 6.04 Å². The van der Waals surface area contributed by atoms with Gasteiger partial charge in [0.2, 0.25) is 0 Å². The molecule has 0 spiro atoms. The molecule has 0 unspecified atom stereocenters. The first-order chi connectivity index (χ1) is 7.66. The van der Waals surface area contributed by atoms with Crippen molar-refractivity contribution in [3.05, 3.63) is 23.2 Å². The molecule has 1 aliphatic rings. The summed E-state index contributed by atoms with van der Waals surface area (Å²) in [5, 5.41) is 4.26. The van der Waals surface area contributed by atoms with E-state index in [0.717, 1.165) is 16.6 Å². The number of rotatable bonds is 2. The van der Waals surface area contributed by atoms with Gasteiger partial charge in [-0.05, 0) is 37.0 Å². The lowest BCUT2D eigenvalue weighted by molar-refractivity contribution is 0.349. The van der Waals surface area contributed by atoms with Crippen LogP contribution in [0.3, 0.4) is 0 Å². The molecule has 0 aliphatic heterocycles. The van der Waals surface area contributed by atoms with Gasteiger partial charge in [-0.3, -0.25) is 0 Å². The van der Waals surface area contributed by atoms with Crippen LogP contribution in [0.5, 0.6) is 0 Å². The van der Waals surface area contributed by atoms with Gasteiger partial charge in [0.1, 0.15) is 0 Å². The summed E-state index contributed by atoms with van der Waals surface area (Å²) in [5.41, 5.74) is 7.40. The van der Waals surface area contributed by atoms with E-state index in [-0.39, 0.29) is 0 Å². The molecule has 3 heteroatoms. The Morgan fingerprint density at radius 1 is 1.31 bits per heavy atom. The fourth-order valence-corrected chi connectivity index (χ4v) is 2.62. The zero-order chi connectivity index (χ0) is 11.5. The summed E-state index contributed by atoms with van der Waals surface area (Å²) in [4.78, 5) is 0. The highest BCUT2D eigenvalue weighted by molar-refractivity contribution is 6.33. The van der Waals surface area contributed by atoms with Crippen molar-refractivity contribution in [2.75, 3.05) is 11.1 Å². The number of hydrogen-bond donors (Lipinski definition) is 2. The van der Waals surface area contributed by atoms with Crippen LogP contribution in [0.2, 0.25) is 5.02 Å². The van der Waals surface area contributed by atoms with Gasteiger partial charge in [0.05, 0.1) is 10.7 Å². The number of halogens is 1. The Morgan fingerprint density at radius 3 is 2.75 bits per heavy atom. The molecule has 3 N–H and O–H groups in total. The van der Waals surface area contributed by atoms with E-state index in [1.807, 2.05) is 12.1 Å². The second-order valence-electron chi connectivity index (χ2n) is 4.75. The summed E-state index contributed by atoms with van der Waals surface area (Å²) in [7, 11) is 0. The molecule has 0 amide bonds. The molecule has 0 saturated heterocycles. The predicted molar refractivity (Wildman–Crippen MR) is 70.9 cm³/mol. The van der Waals surface area contributed by atoms with Gasteiger partial charge in [-0.25, -0.2) is 0 Å². The van der Waals surface area contributed by atoms with Crippen molar-refractivity contribution in [3.63, 3.8) is 0 Å². The van der Waals surface area contributed by atoms with Crippen LogP contribution in [-0.2, 0) is 0 Å². The molecule has 1 fully saturated rings. The highest BCUT2D eigenvalue weighted by atomic mass is 35.5. The lowest BCUT2D eigenvalue weighted by atomic mass is 9.86. The average molecular weight is 239 g/mol. The molecule has 1 aromatic carbocycles. The molecule has 0 aromatic heterocycles. The van der Waals surface area contributed by atoms with Crippen LogP contribution in [0.1, 0.15) is 32.6 Å². The first-order valence-electron chi connectivity index (χ1n) is 5.98. The fourth-order valence-electron chi connectivity index (χ4n) is 2.38. The van der Waals surface area contributed by atoms with E-state index in [9.17, 15) is 0 Å². The van der Waals surface area contributed by atoms with E-state index in [4.69, 9.17) is 17.3 Å². The second kappa shape index (κ2) is 4.96. The number of anilines is 2. The topological polar surface area (TPSA) is 38.0 Å². The smallest absolute Gasteiger partial charge is 0.0658 e. The Kier molecular flexibility index (Phi) is 3.59. The third-order valence-corrected chi connectivity index (χ3v) is 3.76. The fraction of sp³-hybridized carbons (Fsp3) is 0.538. The Morgan fingerprint density at radius 2 is 2.06 bits per heavy atom. The minimum absolute atomic E-state index is 0.551. The van der Waals surface area contributed by atoms with Gasteiger partial charge < -0.3 is 11.1 Å². The van der Waals surface area contributed by atoms with Crippen LogP contribution in [0, 0.1) is 5.92 Å². The predicted octanol–water partition coefficient (Wildman–Crippen LogP) is 3.91. The largest absolute Gasteiger partial charge is 0.399 e. The first kappa shape index (κ1) is 11.6. The molecule has 16 heavy (non-hydrogen) atoms. The zero-order valence-electron chi connectivity index (χ0n) is 9.67. The van der Waals surface area contributed by atoms with Gasteiger partial charge in [-0.1, -0.05) is 31.4 Å². The van der Waals surface area contributed by atoms with Gasteiger partial charge >= 0.3 is 0 Å². The maximum absolute atomic E-state index is 6.15. The van der Waals surface area contributed by atoms with E-state index in [0.29, 0.717) is 11.7 Å². The molecule has 88 valence electrons. The summed E-state index contributed by atoms with van der Waals surface area (Å²) in [5.74, 6) is 0.724. The molecular weight excluding hydrogens is 220 g/mol. The lowest BCUT2D eigenvalue weighted by Crippen LogP contribution is -2.30. The summed E-state index contributed by atoms with van der Waals surface area (Å²) < 4.78 is 0. The van der Waals surface area contributed by atoms with E-state index >= 15 is 0 Å². The average Bonchev–Trinajstić information content (AvgIpc) is 2.25. The summed E-state index contributed by atoms with van der Waals surface area (Å²) in [6.07, 6.45) is 5.22. The van der Waals surface area contributed by atoms with Crippen molar-refractivity contribution in [1.29, 1.82) is 0 Å². The minimum Gasteiger partial charge on any atom is -0.399 e. The Hall–Kier alpha value is -0.890. The quantitative estimate of drug-likeness (QED) is 0.767. The van der Waals surface area contributed by atoms with Crippen molar-refractivity contribution in [3.8, 4) is 0 Å². The zero-order valence-corrected chi connectivity index (χ0v) is 10.4. The van der Waals surface area contributed by atoms with Gasteiger partial charge in [0, 0.05) is 11.7 Å². The van der Waals surface area contributed by atoms with Crippen LogP contribution >= 0.6 is 11.6 Å². The Bertz CT molecular complexity index is 365. The van der Waals surface area contributed by atoms with Gasteiger partial charge in [0.15, 0.2) is 0 Å². The van der Waals surface area contributed by atoms with E-state index in [2.05, 4.69) is 12.2 Å². The molecule has 0 bridgehead atoms. The number of hydrogen-bond acceptors (Lipinski definition) is 2. The summed E-state index contributed by atoms with van der Waals surface area (Å²) in [6, 6.07) is 6.22. The van der Waals surface area contributed by atoms with Crippen molar-refractivity contribution in [1.82, 2.24) is 0 Å². The van der Waals surface area contributed by atoms with Crippen molar-refractivity contribution in [2.45, 2.75) is 38.6 Å². The van der Waals surface area contributed by atoms with Gasteiger partial charge in [-0.15, -0.1) is 0 Å². The highest BCUT2D eigenvalue weighted by Crippen LogP contribution is 2.30. The SMILES string of the molecule is C[C@@H]1CCCC[C@@H]1Nc1ccc(N)cc1Cl.